The van der Waals surface area contributed by atoms with E-state index in [9.17, 15) is 9.18 Å². The monoisotopic (exact) mass is 329 g/mol. The van der Waals surface area contributed by atoms with Crippen molar-refractivity contribution in [1.29, 1.82) is 0 Å². The number of anilines is 1. The average Bonchev–Trinajstić information content (AvgIpc) is 2.63. The molecule has 0 radical (unpaired) electrons. The van der Waals surface area contributed by atoms with Crippen LogP contribution in [0.25, 0.3) is 0 Å². The van der Waals surface area contributed by atoms with Crippen LogP contribution in [0.2, 0.25) is 0 Å². The number of amides is 1. The van der Waals surface area contributed by atoms with Crippen LogP contribution in [0.15, 0.2) is 42.7 Å². The van der Waals surface area contributed by atoms with Gasteiger partial charge in [0.25, 0.3) is 5.91 Å². The Kier molecular flexibility index (Phi) is 5.32. The van der Waals surface area contributed by atoms with Crippen LogP contribution in [0.1, 0.15) is 10.4 Å². The standard InChI is InChI=1S/C17H20FN5O/c18-15-4-2-14(3-5-15)16(24)19-8-9-22-10-12-23(13-11-22)17-20-6-1-7-21-17/h1-7H,8-13H2,(H,19,24). The van der Waals surface area contributed by atoms with Gasteiger partial charge in [-0.1, -0.05) is 0 Å². The summed E-state index contributed by atoms with van der Waals surface area (Å²) in [5.41, 5.74) is 0.474. The SMILES string of the molecule is O=C(NCCN1CCN(c2ncccn2)CC1)c1ccc(F)cc1. The van der Waals surface area contributed by atoms with E-state index in [1.165, 1.54) is 24.3 Å². The first-order valence-electron chi connectivity index (χ1n) is 8.00. The fourth-order valence-corrected chi connectivity index (χ4v) is 2.66. The van der Waals surface area contributed by atoms with Crippen molar-refractivity contribution in [2.24, 2.45) is 0 Å². The summed E-state index contributed by atoms with van der Waals surface area (Å²) in [5.74, 6) is 0.250. The molecular weight excluding hydrogens is 309 g/mol. The van der Waals surface area contributed by atoms with Crippen LogP contribution < -0.4 is 10.2 Å². The predicted octanol–water partition coefficient (Wildman–Crippen LogP) is 1.17. The third-order valence-corrected chi connectivity index (χ3v) is 4.03. The molecule has 1 amide bonds. The molecule has 6 nitrogen and oxygen atoms in total. The Morgan fingerprint density at radius 2 is 1.75 bits per heavy atom. The first-order valence-corrected chi connectivity index (χ1v) is 8.00. The maximum Gasteiger partial charge on any atom is 0.251 e. The van der Waals surface area contributed by atoms with Gasteiger partial charge in [-0.15, -0.1) is 0 Å². The zero-order valence-corrected chi connectivity index (χ0v) is 13.4. The molecule has 0 spiro atoms. The summed E-state index contributed by atoms with van der Waals surface area (Å²) in [6.45, 7) is 4.91. The lowest BCUT2D eigenvalue weighted by atomic mass is 10.2. The molecule has 24 heavy (non-hydrogen) atoms. The van der Waals surface area contributed by atoms with Crippen LogP contribution in [0.3, 0.4) is 0 Å². The maximum atomic E-state index is 12.8. The third kappa shape index (κ3) is 4.26. The lowest BCUT2D eigenvalue weighted by molar-refractivity contribution is 0.0947. The molecule has 0 aliphatic carbocycles. The van der Waals surface area contributed by atoms with Crippen LogP contribution in [0.5, 0.6) is 0 Å². The minimum Gasteiger partial charge on any atom is -0.351 e. The van der Waals surface area contributed by atoms with Gasteiger partial charge in [0.05, 0.1) is 0 Å². The Morgan fingerprint density at radius 1 is 1.08 bits per heavy atom. The molecule has 7 heteroatoms. The van der Waals surface area contributed by atoms with Gasteiger partial charge >= 0.3 is 0 Å². The van der Waals surface area contributed by atoms with Gasteiger partial charge in [-0.2, -0.15) is 0 Å². The quantitative estimate of drug-likeness (QED) is 0.892. The number of hydrogen-bond acceptors (Lipinski definition) is 5. The summed E-state index contributed by atoms with van der Waals surface area (Å²) >= 11 is 0. The summed E-state index contributed by atoms with van der Waals surface area (Å²) in [6.07, 6.45) is 3.50. The van der Waals surface area contributed by atoms with E-state index >= 15 is 0 Å². The van der Waals surface area contributed by atoms with Crippen molar-refractivity contribution in [3.8, 4) is 0 Å². The van der Waals surface area contributed by atoms with E-state index < -0.39 is 0 Å². The lowest BCUT2D eigenvalue weighted by Gasteiger charge is -2.34. The molecule has 1 aliphatic rings. The fraction of sp³-hybridized carbons (Fsp3) is 0.353. The van der Waals surface area contributed by atoms with E-state index in [2.05, 4.69) is 25.1 Å². The van der Waals surface area contributed by atoms with Crippen molar-refractivity contribution in [1.82, 2.24) is 20.2 Å². The Bertz CT molecular complexity index is 656. The first-order chi connectivity index (χ1) is 11.7. The molecule has 126 valence electrons. The van der Waals surface area contributed by atoms with Crippen molar-refractivity contribution < 1.29 is 9.18 Å². The average molecular weight is 329 g/mol. The van der Waals surface area contributed by atoms with Gasteiger partial charge in [0.2, 0.25) is 5.95 Å². The number of carbonyl (C=O) groups is 1. The smallest absolute Gasteiger partial charge is 0.251 e. The van der Waals surface area contributed by atoms with Crippen LogP contribution in [0.4, 0.5) is 10.3 Å². The molecule has 3 rings (SSSR count). The molecule has 1 aromatic carbocycles. The summed E-state index contributed by atoms with van der Waals surface area (Å²) in [5, 5.41) is 2.87. The Hall–Kier alpha value is -2.54. The molecule has 1 N–H and O–H groups in total. The molecule has 1 aliphatic heterocycles. The minimum absolute atomic E-state index is 0.175. The topological polar surface area (TPSA) is 61.4 Å². The molecule has 2 heterocycles. The van der Waals surface area contributed by atoms with Gasteiger partial charge in [0.15, 0.2) is 0 Å². The maximum absolute atomic E-state index is 12.8. The molecule has 0 atom stereocenters. The lowest BCUT2D eigenvalue weighted by Crippen LogP contribution is -2.49. The van der Waals surface area contributed by atoms with Gasteiger partial charge in [0, 0.05) is 57.2 Å². The van der Waals surface area contributed by atoms with Crippen LogP contribution >= 0.6 is 0 Å². The first kappa shape index (κ1) is 16.3. The molecule has 1 fully saturated rings. The number of benzene rings is 1. The van der Waals surface area contributed by atoms with E-state index in [1.54, 1.807) is 12.4 Å². The highest BCUT2D eigenvalue weighted by Gasteiger charge is 2.18. The van der Waals surface area contributed by atoms with Crippen LogP contribution in [-0.2, 0) is 0 Å². The number of nitrogens with zero attached hydrogens (tertiary/aromatic N) is 4. The molecular formula is C17H20FN5O. The molecule has 1 aromatic heterocycles. The minimum atomic E-state index is -0.341. The number of piperazine rings is 1. The summed E-state index contributed by atoms with van der Waals surface area (Å²) in [7, 11) is 0. The van der Waals surface area contributed by atoms with Crippen LogP contribution in [0, 0.1) is 5.82 Å². The number of hydrogen-bond donors (Lipinski definition) is 1. The second-order valence-corrected chi connectivity index (χ2v) is 5.64. The van der Waals surface area contributed by atoms with Crippen molar-refractivity contribution in [2.75, 3.05) is 44.2 Å². The highest BCUT2D eigenvalue weighted by Crippen LogP contribution is 2.09. The predicted molar refractivity (Wildman–Crippen MR) is 89.4 cm³/mol. The third-order valence-electron chi connectivity index (χ3n) is 4.03. The van der Waals surface area contributed by atoms with Gasteiger partial charge in [-0.3, -0.25) is 9.69 Å². The zero-order chi connectivity index (χ0) is 16.8. The summed E-state index contributed by atoms with van der Waals surface area (Å²) in [6, 6.07) is 7.37. The van der Waals surface area contributed by atoms with Crippen molar-refractivity contribution in [2.45, 2.75) is 0 Å². The Labute approximate surface area is 140 Å². The molecule has 0 bridgehead atoms. The van der Waals surface area contributed by atoms with E-state index in [1.807, 2.05) is 6.07 Å². The second kappa shape index (κ2) is 7.83. The largest absolute Gasteiger partial charge is 0.351 e. The highest BCUT2D eigenvalue weighted by atomic mass is 19.1. The summed E-state index contributed by atoms with van der Waals surface area (Å²) in [4.78, 5) is 24.9. The molecule has 0 saturated carbocycles. The van der Waals surface area contributed by atoms with E-state index in [4.69, 9.17) is 0 Å². The Balaban J connectivity index is 1.39. The van der Waals surface area contributed by atoms with E-state index in [0.717, 1.165) is 38.7 Å². The Morgan fingerprint density at radius 3 is 2.42 bits per heavy atom. The second-order valence-electron chi connectivity index (χ2n) is 5.64. The number of halogens is 1. The van der Waals surface area contributed by atoms with Gasteiger partial charge in [-0.25, -0.2) is 14.4 Å². The number of carbonyl (C=O) groups excluding carboxylic acids is 1. The number of aromatic nitrogens is 2. The molecule has 1 saturated heterocycles. The number of rotatable bonds is 5. The van der Waals surface area contributed by atoms with E-state index in [-0.39, 0.29) is 11.7 Å². The zero-order valence-electron chi connectivity index (χ0n) is 13.4. The van der Waals surface area contributed by atoms with Crippen molar-refractivity contribution in [3.63, 3.8) is 0 Å². The molecule has 0 unspecified atom stereocenters. The van der Waals surface area contributed by atoms with Gasteiger partial charge in [0.1, 0.15) is 5.82 Å². The normalized spacial score (nSPS) is 15.3. The number of nitrogens with one attached hydrogen (secondary N) is 1. The van der Waals surface area contributed by atoms with Crippen molar-refractivity contribution in [3.05, 3.63) is 54.1 Å². The summed E-state index contributed by atoms with van der Waals surface area (Å²) < 4.78 is 12.8. The molecule has 2 aromatic rings. The van der Waals surface area contributed by atoms with Gasteiger partial charge in [-0.05, 0) is 30.3 Å². The highest BCUT2D eigenvalue weighted by molar-refractivity contribution is 5.94. The van der Waals surface area contributed by atoms with Crippen molar-refractivity contribution >= 4 is 11.9 Å². The van der Waals surface area contributed by atoms with Gasteiger partial charge < -0.3 is 10.2 Å². The van der Waals surface area contributed by atoms with E-state index in [0.29, 0.717) is 12.1 Å². The fourth-order valence-electron chi connectivity index (χ4n) is 2.66. The van der Waals surface area contributed by atoms with Crippen LogP contribution in [-0.4, -0.2) is 60.0 Å².